The van der Waals surface area contributed by atoms with Crippen molar-refractivity contribution in [3.63, 3.8) is 0 Å². The Kier molecular flexibility index (Phi) is 4.74. The number of hydrogen-bond acceptors (Lipinski definition) is 1. The van der Waals surface area contributed by atoms with Crippen molar-refractivity contribution < 1.29 is 0 Å². The first-order valence-electron chi connectivity index (χ1n) is 5.45. The normalized spacial score (nSPS) is 19.6. The molecular weight excluding hydrogens is 226 g/mol. The lowest BCUT2D eigenvalue weighted by atomic mass is 10.00. The molecule has 0 amide bonds. The Morgan fingerprint density at radius 1 is 1.31 bits per heavy atom. The zero-order valence-corrected chi connectivity index (χ0v) is 10.5. The van der Waals surface area contributed by atoms with Gasteiger partial charge in [0.2, 0.25) is 0 Å². The van der Waals surface area contributed by atoms with E-state index in [1.165, 1.54) is 38.6 Å². The van der Waals surface area contributed by atoms with Gasteiger partial charge in [-0.1, -0.05) is 28.8 Å². The fourth-order valence-electron chi connectivity index (χ4n) is 1.96. The Labute approximate surface area is 90.8 Å². The van der Waals surface area contributed by atoms with Crippen LogP contribution >= 0.6 is 15.9 Å². The number of alkyl halides is 1. The highest BCUT2D eigenvalue weighted by Crippen LogP contribution is 2.24. The molecule has 1 N–H and O–H groups in total. The standard InChI is InChI=1S/C11H22BrN/c1-11(2,7-8-12)13-9-10-5-3-4-6-10/h10,13H,3-9H2,1-2H3. The second-order valence-electron chi connectivity index (χ2n) is 4.85. The zero-order valence-electron chi connectivity index (χ0n) is 8.91. The monoisotopic (exact) mass is 247 g/mol. The number of halogens is 1. The van der Waals surface area contributed by atoms with Crippen molar-refractivity contribution in [3.8, 4) is 0 Å². The van der Waals surface area contributed by atoms with Crippen molar-refractivity contribution in [1.82, 2.24) is 5.32 Å². The number of nitrogens with one attached hydrogen (secondary N) is 1. The summed E-state index contributed by atoms with van der Waals surface area (Å²) in [6.07, 6.45) is 6.99. The van der Waals surface area contributed by atoms with Crippen LogP contribution in [0.15, 0.2) is 0 Å². The minimum absolute atomic E-state index is 0.312. The third-order valence-corrected chi connectivity index (χ3v) is 3.46. The van der Waals surface area contributed by atoms with E-state index >= 15 is 0 Å². The van der Waals surface area contributed by atoms with Gasteiger partial charge in [0.15, 0.2) is 0 Å². The zero-order chi connectivity index (χ0) is 9.73. The maximum absolute atomic E-state index is 3.67. The summed E-state index contributed by atoms with van der Waals surface area (Å²) < 4.78 is 0. The molecule has 1 aliphatic carbocycles. The van der Waals surface area contributed by atoms with Crippen LogP contribution in [0, 0.1) is 5.92 Å². The van der Waals surface area contributed by atoms with Crippen molar-refractivity contribution >= 4 is 15.9 Å². The average molecular weight is 248 g/mol. The lowest BCUT2D eigenvalue weighted by molar-refractivity contribution is 0.342. The minimum Gasteiger partial charge on any atom is -0.311 e. The molecule has 1 fully saturated rings. The van der Waals surface area contributed by atoms with Crippen LogP contribution in [-0.2, 0) is 0 Å². The van der Waals surface area contributed by atoms with Gasteiger partial charge in [-0.15, -0.1) is 0 Å². The van der Waals surface area contributed by atoms with E-state index in [0.29, 0.717) is 5.54 Å². The molecule has 13 heavy (non-hydrogen) atoms. The fourth-order valence-corrected chi connectivity index (χ4v) is 2.95. The van der Waals surface area contributed by atoms with Crippen molar-refractivity contribution in [3.05, 3.63) is 0 Å². The van der Waals surface area contributed by atoms with Crippen molar-refractivity contribution in [1.29, 1.82) is 0 Å². The largest absolute Gasteiger partial charge is 0.311 e. The molecule has 0 radical (unpaired) electrons. The summed E-state index contributed by atoms with van der Waals surface area (Å²) in [6, 6.07) is 0. The molecule has 1 aliphatic rings. The van der Waals surface area contributed by atoms with E-state index in [1.807, 2.05) is 0 Å². The van der Waals surface area contributed by atoms with Crippen LogP contribution in [0.5, 0.6) is 0 Å². The van der Waals surface area contributed by atoms with E-state index in [-0.39, 0.29) is 0 Å². The maximum Gasteiger partial charge on any atom is 0.0133 e. The highest BCUT2D eigenvalue weighted by atomic mass is 79.9. The topological polar surface area (TPSA) is 12.0 Å². The third-order valence-electron chi connectivity index (χ3n) is 3.06. The third kappa shape index (κ3) is 4.46. The first-order chi connectivity index (χ1) is 6.14. The molecule has 0 heterocycles. The lowest BCUT2D eigenvalue weighted by Crippen LogP contribution is -2.41. The summed E-state index contributed by atoms with van der Waals surface area (Å²) in [6.45, 7) is 5.81. The van der Waals surface area contributed by atoms with Gasteiger partial charge in [-0.2, -0.15) is 0 Å². The lowest BCUT2D eigenvalue weighted by Gasteiger charge is -2.27. The van der Waals surface area contributed by atoms with Crippen LogP contribution < -0.4 is 5.32 Å². The molecule has 0 aliphatic heterocycles. The van der Waals surface area contributed by atoms with Gasteiger partial charge in [-0.3, -0.25) is 0 Å². The van der Waals surface area contributed by atoms with Crippen molar-refractivity contribution in [2.75, 3.05) is 11.9 Å². The van der Waals surface area contributed by atoms with Gasteiger partial charge in [0.05, 0.1) is 0 Å². The summed E-state index contributed by atoms with van der Waals surface area (Å²) >= 11 is 3.50. The van der Waals surface area contributed by atoms with Gasteiger partial charge in [0.1, 0.15) is 0 Å². The van der Waals surface area contributed by atoms with Gasteiger partial charge in [-0.05, 0) is 45.6 Å². The van der Waals surface area contributed by atoms with E-state index in [4.69, 9.17) is 0 Å². The molecular formula is C11H22BrN. The molecule has 1 nitrogen and oxygen atoms in total. The molecule has 0 saturated heterocycles. The predicted octanol–water partition coefficient (Wildman–Crippen LogP) is 3.33. The Morgan fingerprint density at radius 2 is 1.92 bits per heavy atom. The van der Waals surface area contributed by atoms with Gasteiger partial charge in [-0.25, -0.2) is 0 Å². The van der Waals surface area contributed by atoms with Gasteiger partial charge < -0.3 is 5.32 Å². The smallest absolute Gasteiger partial charge is 0.0133 e. The van der Waals surface area contributed by atoms with E-state index in [9.17, 15) is 0 Å². The fraction of sp³-hybridized carbons (Fsp3) is 1.00. The minimum atomic E-state index is 0.312. The Balaban J connectivity index is 2.15. The van der Waals surface area contributed by atoms with Gasteiger partial charge >= 0.3 is 0 Å². The van der Waals surface area contributed by atoms with Crippen LogP contribution in [0.1, 0.15) is 46.0 Å². The number of rotatable bonds is 5. The molecule has 2 heteroatoms. The first-order valence-corrected chi connectivity index (χ1v) is 6.57. The molecule has 1 rings (SSSR count). The van der Waals surface area contributed by atoms with Crippen LogP contribution in [0.25, 0.3) is 0 Å². The molecule has 1 saturated carbocycles. The van der Waals surface area contributed by atoms with Crippen LogP contribution in [0.2, 0.25) is 0 Å². The molecule has 0 spiro atoms. The first kappa shape index (κ1) is 11.5. The highest BCUT2D eigenvalue weighted by molar-refractivity contribution is 9.09. The summed E-state index contributed by atoms with van der Waals surface area (Å²) in [5, 5.41) is 4.77. The molecule has 78 valence electrons. The van der Waals surface area contributed by atoms with Crippen LogP contribution in [0.4, 0.5) is 0 Å². The summed E-state index contributed by atoms with van der Waals surface area (Å²) in [7, 11) is 0. The van der Waals surface area contributed by atoms with E-state index in [0.717, 1.165) is 11.2 Å². The Hall–Kier alpha value is 0.440. The molecule has 0 aromatic heterocycles. The predicted molar refractivity (Wildman–Crippen MR) is 62.5 cm³/mol. The molecule has 0 aromatic carbocycles. The maximum atomic E-state index is 3.67. The van der Waals surface area contributed by atoms with E-state index in [1.54, 1.807) is 0 Å². The molecule has 0 unspecified atom stereocenters. The van der Waals surface area contributed by atoms with Gasteiger partial charge in [0, 0.05) is 10.9 Å². The molecule has 0 aromatic rings. The van der Waals surface area contributed by atoms with E-state index in [2.05, 4.69) is 35.1 Å². The molecule has 0 bridgehead atoms. The summed E-state index contributed by atoms with van der Waals surface area (Å²) in [4.78, 5) is 0. The number of hydrogen-bond donors (Lipinski definition) is 1. The van der Waals surface area contributed by atoms with Crippen LogP contribution in [0.3, 0.4) is 0 Å². The van der Waals surface area contributed by atoms with Crippen LogP contribution in [-0.4, -0.2) is 17.4 Å². The Morgan fingerprint density at radius 3 is 2.46 bits per heavy atom. The Bertz CT molecular complexity index is 139. The SMILES string of the molecule is CC(C)(CCBr)NCC1CCCC1. The average Bonchev–Trinajstić information content (AvgIpc) is 2.52. The second kappa shape index (κ2) is 5.35. The summed E-state index contributed by atoms with van der Waals surface area (Å²) in [5.74, 6) is 0.953. The summed E-state index contributed by atoms with van der Waals surface area (Å²) in [5.41, 5.74) is 0.312. The van der Waals surface area contributed by atoms with Gasteiger partial charge in [0.25, 0.3) is 0 Å². The van der Waals surface area contributed by atoms with E-state index < -0.39 is 0 Å². The second-order valence-corrected chi connectivity index (χ2v) is 5.65. The highest BCUT2D eigenvalue weighted by Gasteiger charge is 2.20. The molecule has 0 atom stereocenters. The quantitative estimate of drug-likeness (QED) is 0.736. The van der Waals surface area contributed by atoms with Crippen molar-refractivity contribution in [2.24, 2.45) is 5.92 Å². The van der Waals surface area contributed by atoms with Crippen molar-refractivity contribution in [2.45, 2.75) is 51.5 Å².